The van der Waals surface area contributed by atoms with Gasteiger partial charge in [0.1, 0.15) is 6.54 Å². The van der Waals surface area contributed by atoms with Crippen LogP contribution in [0, 0.1) is 3.57 Å². The van der Waals surface area contributed by atoms with Crippen LogP contribution in [-0.4, -0.2) is 22.3 Å². The summed E-state index contributed by atoms with van der Waals surface area (Å²) in [6.45, 7) is 3.75. The average molecular weight is 330 g/mol. The smallest absolute Gasteiger partial charge is 0.257 e. The number of rotatable bonds is 5. The lowest BCUT2D eigenvalue weighted by Gasteiger charge is -2.10. The van der Waals surface area contributed by atoms with Crippen molar-refractivity contribution in [2.45, 2.75) is 39.5 Å². The predicted octanol–water partition coefficient (Wildman–Crippen LogP) is 2.68. The number of aromatic nitrogens is 2. The van der Waals surface area contributed by atoms with Gasteiger partial charge in [-0.2, -0.15) is 5.10 Å². The number of alkyl halides is 2. The van der Waals surface area contributed by atoms with Gasteiger partial charge in [-0.3, -0.25) is 4.68 Å². The molecule has 3 nitrogen and oxygen atoms in total. The van der Waals surface area contributed by atoms with E-state index < -0.39 is 6.43 Å². The number of ether oxygens (including phenoxy) is 1. The molecule has 0 aliphatic heterocycles. The maximum Gasteiger partial charge on any atom is 0.257 e. The van der Waals surface area contributed by atoms with Crippen LogP contribution in [0.5, 0.6) is 0 Å². The Labute approximate surface area is 101 Å². The van der Waals surface area contributed by atoms with Crippen LogP contribution in [0.3, 0.4) is 0 Å². The van der Waals surface area contributed by atoms with Gasteiger partial charge < -0.3 is 4.74 Å². The molecule has 86 valence electrons. The molecular weight excluding hydrogens is 317 g/mol. The quantitative estimate of drug-likeness (QED) is 0.776. The molecule has 0 radical (unpaired) electrons. The SMILES string of the molecule is CC(C)OCc1c(I)cnn1CC(F)F. The number of hydrogen-bond acceptors (Lipinski definition) is 2. The molecule has 1 aromatic rings. The minimum Gasteiger partial charge on any atom is -0.372 e. The van der Waals surface area contributed by atoms with E-state index in [4.69, 9.17) is 4.74 Å². The van der Waals surface area contributed by atoms with Crippen molar-refractivity contribution in [1.29, 1.82) is 0 Å². The van der Waals surface area contributed by atoms with E-state index in [-0.39, 0.29) is 12.6 Å². The van der Waals surface area contributed by atoms with Gasteiger partial charge in [0, 0.05) is 0 Å². The molecule has 0 amide bonds. The van der Waals surface area contributed by atoms with Crippen LogP contribution in [0.4, 0.5) is 8.78 Å². The first-order valence-electron chi connectivity index (χ1n) is 4.60. The summed E-state index contributed by atoms with van der Waals surface area (Å²) in [5.74, 6) is 0. The first-order valence-corrected chi connectivity index (χ1v) is 5.68. The van der Waals surface area contributed by atoms with Gasteiger partial charge in [-0.1, -0.05) is 0 Å². The zero-order valence-electron chi connectivity index (χ0n) is 8.58. The van der Waals surface area contributed by atoms with Crippen molar-refractivity contribution < 1.29 is 13.5 Å². The van der Waals surface area contributed by atoms with E-state index in [0.717, 1.165) is 3.57 Å². The molecule has 0 N–H and O–H groups in total. The van der Waals surface area contributed by atoms with E-state index in [9.17, 15) is 8.78 Å². The van der Waals surface area contributed by atoms with Crippen molar-refractivity contribution in [3.8, 4) is 0 Å². The molecule has 1 rings (SSSR count). The van der Waals surface area contributed by atoms with Crippen LogP contribution >= 0.6 is 22.6 Å². The van der Waals surface area contributed by atoms with Gasteiger partial charge in [-0.25, -0.2) is 8.78 Å². The zero-order chi connectivity index (χ0) is 11.4. The fourth-order valence-corrected chi connectivity index (χ4v) is 1.62. The molecule has 15 heavy (non-hydrogen) atoms. The summed E-state index contributed by atoms with van der Waals surface area (Å²) in [5.41, 5.74) is 0.713. The highest BCUT2D eigenvalue weighted by molar-refractivity contribution is 14.1. The fraction of sp³-hybridized carbons (Fsp3) is 0.667. The minimum absolute atomic E-state index is 0.0794. The van der Waals surface area contributed by atoms with Crippen molar-refractivity contribution in [1.82, 2.24) is 9.78 Å². The molecule has 0 aliphatic rings. The Balaban J connectivity index is 2.70. The molecule has 6 heteroatoms. The zero-order valence-corrected chi connectivity index (χ0v) is 10.7. The maximum absolute atomic E-state index is 12.2. The van der Waals surface area contributed by atoms with Gasteiger partial charge in [-0.05, 0) is 36.4 Å². The second-order valence-corrected chi connectivity index (χ2v) is 4.53. The lowest BCUT2D eigenvalue weighted by molar-refractivity contribution is 0.0569. The van der Waals surface area contributed by atoms with Crippen LogP contribution in [0.25, 0.3) is 0 Å². The van der Waals surface area contributed by atoms with Crippen LogP contribution in [0.2, 0.25) is 0 Å². The van der Waals surface area contributed by atoms with Gasteiger partial charge >= 0.3 is 0 Å². The van der Waals surface area contributed by atoms with Crippen molar-refractivity contribution in [3.05, 3.63) is 15.5 Å². The molecule has 0 spiro atoms. The highest BCUT2D eigenvalue weighted by Crippen LogP contribution is 2.14. The molecule has 0 saturated heterocycles. The van der Waals surface area contributed by atoms with Gasteiger partial charge in [0.15, 0.2) is 0 Å². The number of hydrogen-bond donors (Lipinski definition) is 0. The lowest BCUT2D eigenvalue weighted by atomic mass is 10.4. The van der Waals surface area contributed by atoms with Crippen molar-refractivity contribution in [3.63, 3.8) is 0 Å². The first-order chi connectivity index (χ1) is 7.00. The topological polar surface area (TPSA) is 27.1 Å². The van der Waals surface area contributed by atoms with Crippen molar-refractivity contribution in [2.75, 3.05) is 0 Å². The minimum atomic E-state index is -2.39. The summed E-state index contributed by atoms with van der Waals surface area (Å²) >= 11 is 2.07. The van der Waals surface area contributed by atoms with E-state index >= 15 is 0 Å². The highest BCUT2D eigenvalue weighted by Gasteiger charge is 2.13. The Bertz CT molecular complexity index is 315. The molecule has 0 saturated carbocycles. The van der Waals surface area contributed by atoms with Crippen LogP contribution in [-0.2, 0) is 17.9 Å². The Morgan fingerprint density at radius 3 is 2.73 bits per heavy atom. The van der Waals surface area contributed by atoms with Gasteiger partial charge in [0.05, 0.1) is 28.2 Å². The summed E-state index contributed by atoms with van der Waals surface area (Å²) in [6.07, 6.45) is -0.740. The number of halogens is 3. The molecule has 1 aromatic heterocycles. The van der Waals surface area contributed by atoms with Gasteiger partial charge in [-0.15, -0.1) is 0 Å². The summed E-state index contributed by atoms with van der Waals surface area (Å²) in [7, 11) is 0. The summed E-state index contributed by atoms with van der Waals surface area (Å²) < 4.78 is 31.9. The summed E-state index contributed by atoms with van der Waals surface area (Å²) in [4.78, 5) is 0. The maximum atomic E-state index is 12.2. The molecule has 0 atom stereocenters. The largest absolute Gasteiger partial charge is 0.372 e. The molecule has 1 heterocycles. The van der Waals surface area contributed by atoms with Crippen LogP contribution < -0.4 is 0 Å². The van der Waals surface area contributed by atoms with E-state index in [1.54, 1.807) is 6.20 Å². The lowest BCUT2D eigenvalue weighted by Crippen LogP contribution is -2.14. The van der Waals surface area contributed by atoms with Gasteiger partial charge in [0.2, 0.25) is 0 Å². The second-order valence-electron chi connectivity index (χ2n) is 3.37. The molecule has 0 unspecified atom stereocenters. The normalized spacial score (nSPS) is 11.7. The van der Waals surface area contributed by atoms with E-state index in [1.807, 2.05) is 13.8 Å². The standard InChI is InChI=1S/C9H13F2IN2O/c1-6(2)15-5-8-7(12)3-13-14(8)4-9(10)11/h3,6,9H,4-5H2,1-2H3. The van der Waals surface area contributed by atoms with E-state index in [2.05, 4.69) is 27.7 Å². The third-order valence-corrected chi connectivity index (χ3v) is 2.66. The molecular formula is C9H13F2IN2O. The van der Waals surface area contributed by atoms with E-state index in [1.165, 1.54) is 4.68 Å². The number of nitrogens with zero attached hydrogens (tertiary/aromatic N) is 2. The highest BCUT2D eigenvalue weighted by atomic mass is 127. The van der Waals surface area contributed by atoms with E-state index in [0.29, 0.717) is 12.3 Å². The third kappa shape index (κ3) is 4.02. The Morgan fingerprint density at radius 2 is 2.20 bits per heavy atom. The van der Waals surface area contributed by atoms with Crippen LogP contribution in [0.1, 0.15) is 19.5 Å². The monoisotopic (exact) mass is 330 g/mol. The van der Waals surface area contributed by atoms with Crippen molar-refractivity contribution in [2.24, 2.45) is 0 Å². The van der Waals surface area contributed by atoms with Crippen molar-refractivity contribution >= 4 is 22.6 Å². The summed E-state index contributed by atoms with van der Waals surface area (Å²) in [6, 6.07) is 0. The summed E-state index contributed by atoms with van der Waals surface area (Å²) in [5, 5.41) is 3.88. The Morgan fingerprint density at radius 1 is 1.53 bits per heavy atom. The molecule has 0 aliphatic carbocycles. The first kappa shape index (κ1) is 12.8. The average Bonchev–Trinajstić information content (AvgIpc) is 2.43. The molecule has 0 fully saturated rings. The van der Waals surface area contributed by atoms with Crippen LogP contribution in [0.15, 0.2) is 6.20 Å². The Kier molecular flexibility index (Phi) is 4.91. The third-order valence-electron chi connectivity index (χ3n) is 1.76. The predicted molar refractivity (Wildman–Crippen MR) is 60.9 cm³/mol. The molecule has 0 bridgehead atoms. The fourth-order valence-electron chi connectivity index (χ4n) is 1.06. The molecule has 0 aromatic carbocycles. The second kappa shape index (κ2) is 5.74. The van der Waals surface area contributed by atoms with Gasteiger partial charge in [0.25, 0.3) is 6.43 Å². The Hall–Kier alpha value is -0.240.